The molecule has 2 aliphatic rings. The Bertz CT molecular complexity index is 549. The van der Waals surface area contributed by atoms with E-state index in [1.807, 2.05) is 29.2 Å². The van der Waals surface area contributed by atoms with Gasteiger partial charge in [0.25, 0.3) is 0 Å². The summed E-state index contributed by atoms with van der Waals surface area (Å²) in [6.45, 7) is 1.71. The van der Waals surface area contributed by atoms with Crippen molar-refractivity contribution < 1.29 is 19.4 Å². The topological polar surface area (TPSA) is 66.8 Å². The number of nitrogens with zero attached hydrogens (tertiary/aromatic N) is 1. The lowest BCUT2D eigenvalue weighted by Crippen LogP contribution is -2.41. The van der Waals surface area contributed by atoms with E-state index in [1.54, 1.807) is 0 Å². The van der Waals surface area contributed by atoms with Crippen LogP contribution in [0.1, 0.15) is 30.7 Å². The quantitative estimate of drug-likeness (QED) is 0.922. The maximum atomic E-state index is 12.6. The smallest absolute Gasteiger partial charge is 0.303 e. The van der Waals surface area contributed by atoms with Gasteiger partial charge in [0.1, 0.15) is 18.3 Å². The molecule has 1 atom stereocenters. The van der Waals surface area contributed by atoms with Crippen molar-refractivity contribution in [3.05, 3.63) is 29.8 Å². The molecule has 2 heterocycles. The number of piperidine rings is 1. The van der Waals surface area contributed by atoms with E-state index in [0.29, 0.717) is 19.7 Å². The lowest BCUT2D eigenvalue weighted by Gasteiger charge is -2.32. The van der Waals surface area contributed by atoms with Gasteiger partial charge in [-0.3, -0.25) is 9.59 Å². The van der Waals surface area contributed by atoms with Crippen LogP contribution in [0.4, 0.5) is 0 Å². The van der Waals surface area contributed by atoms with Crippen LogP contribution in [0, 0.1) is 5.92 Å². The molecule has 1 fully saturated rings. The zero-order chi connectivity index (χ0) is 14.8. The van der Waals surface area contributed by atoms with Gasteiger partial charge >= 0.3 is 5.97 Å². The Morgan fingerprint density at radius 1 is 1.24 bits per heavy atom. The van der Waals surface area contributed by atoms with Crippen LogP contribution in [0.15, 0.2) is 24.3 Å². The van der Waals surface area contributed by atoms with Crippen LogP contribution < -0.4 is 4.74 Å². The molecule has 0 bridgehead atoms. The van der Waals surface area contributed by atoms with Gasteiger partial charge < -0.3 is 14.7 Å². The first kappa shape index (κ1) is 13.9. The lowest BCUT2D eigenvalue weighted by atomic mass is 9.92. The van der Waals surface area contributed by atoms with Crippen molar-refractivity contribution in [1.82, 2.24) is 4.90 Å². The van der Waals surface area contributed by atoms with Crippen LogP contribution >= 0.6 is 0 Å². The number of rotatable bonds is 3. The molecular formula is C16H19NO4. The van der Waals surface area contributed by atoms with Crippen molar-refractivity contribution in [2.24, 2.45) is 5.92 Å². The number of ether oxygens (including phenoxy) is 1. The molecule has 1 amide bonds. The van der Waals surface area contributed by atoms with Crippen LogP contribution in [-0.4, -0.2) is 41.6 Å². The monoisotopic (exact) mass is 289 g/mol. The summed E-state index contributed by atoms with van der Waals surface area (Å²) in [4.78, 5) is 25.2. The van der Waals surface area contributed by atoms with Crippen molar-refractivity contribution in [2.75, 3.05) is 19.7 Å². The summed E-state index contributed by atoms with van der Waals surface area (Å²) in [6, 6.07) is 7.67. The fourth-order valence-corrected chi connectivity index (χ4v) is 3.19. The Morgan fingerprint density at radius 2 is 1.95 bits per heavy atom. The number of benzene rings is 1. The lowest BCUT2D eigenvalue weighted by molar-refractivity contribution is -0.139. The number of amides is 1. The molecule has 1 unspecified atom stereocenters. The van der Waals surface area contributed by atoms with Gasteiger partial charge in [-0.25, -0.2) is 0 Å². The number of carbonyl (C=O) groups is 2. The van der Waals surface area contributed by atoms with Crippen LogP contribution in [0.25, 0.3) is 0 Å². The number of para-hydroxylation sites is 1. The summed E-state index contributed by atoms with van der Waals surface area (Å²) >= 11 is 0. The summed E-state index contributed by atoms with van der Waals surface area (Å²) < 4.78 is 5.57. The van der Waals surface area contributed by atoms with Crippen molar-refractivity contribution in [3.8, 4) is 5.75 Å². The highest BCUT2D eigenvalue weighted by Crippen LogP contribution is 2.35. The molecule has 3 rings (SSSR count). The number of aliphatic carboxylic acids is 1. The molecule has 5 nitrogen and oxygen atoms in total. The molecule has 1 aromatic rings. The summed E-state index contributed by atoms with van der Waals surface area (Å²) in [5, 5.41) is 8.83. The summed E-state index contributed by atoms with van der Waals surface area (Å²) in [7, 11) is 0. The van der Waals surface area contributed by atoms with Gasteiger partial charge in [-0.05, 0) is 24.8 Å². The molecule has 1 N–H and O–H groups in total. The number of carboxylic acids is 1. The zero-order valence-electron chi connectivity index (χ0n) is 11.8. The largest absolute Gasteiger partial charge is 0.492 e. The van der Waals surface area contributed by atoms with Crippen LogP contribution in [0.5, 0.6) is 5.75 Å². The minimum atomic E-state index is -0.752. The molecular weight excluding hydrogens is 270 g/mol. The molecule has 5 heteroatoms. The fourth-order valence-electron chi connectivity index (χ4n) is 3.19. The summed E-state index contributed by atoms with van der Waals surface area (Å²) in [5.74, 6) is 0.138. The van der Waals surface area contributed by atoms with E-state index in [-0.39, 0.29) is 24.2 Å². The minimum Gasteiger partial charge on any atom is -0.492 e. The van der Waals surface area contributed by atoms with Gasteiger partial charge in [0.15, 0.2) is 0 Å². The van der Waals surface area contributed by atoms with Gasteiger partial charge in [0.2, 0.25) is 5.91 Å². The molecule has 0 aliphatic carbocycles. The van der Waals surface area contributed by atoms with Crippen LogP contribution in [0.2, 0.25) is 0 Å². The van der Waals surface area contributed by atoms with Crippen molar-refractivity contribution in [3.63, 3.8) is 0 Å². The van der Waals surface area contributed by atoms with Gasteiger partial charge in [0.05, 0.1) is 0 Å². The SMILES string of the molecule is O=C(O)CC1CCN(C(=O)C2COc3ccccc32)CC1. The van der Waals surface area contributed by atoms with Crippen LogP contribution in [0.3, 0.4) is 0 Å². The molecule has 1 aromatic carbocycles. The Kier molecular flexibility index (Phi) is 3.82. The van der Waals surface area contributed by atoms with Crippen LogP contribution in [-0.2, 0) is 9.59 Å². The number of hydrogen-bond donors (Lipinski definition) is 1. The van der Waals surface area contributed by atoms with Crippen molar-refractivity contribution in [2.45, 2.75) is 25.2 Å². The number of hydrogen-bond acceptors (Lipinski definition) is 3. The molecule has 21 heavy (non-hydrogen) atoms. The van der Waals surface area contributed by atoms with E-state index in [0.717, 1.165) is 24.2 Å². The average molecular weight is 289 g/mol. The molecule has 0 radical (unpaired) electrons. The zero-order valence-corrected chi connectivity index (χ0v) is 11.8. The molecule has 0 aromatic heterocycles. The highest BCUT2D eigenvalue weighted by molar-refractivity contribution is 5.85. The van der Waals surface area contributed by atoms with Gasteiger partial charge in [-0.2, -0.15) is 0 Å². The van der Waals surface area contributed by atoms with E-state index >= 15 is 0 Å². The van der Waals surface area contributed by atoms with E-state index in [2.05, 4.69) is 0 Å². The Labute approximate surface area is 123 Å². The predicted molar refractivity (Wildman–Crippen MR) is 76.2 cm³/mol. The first-order valence-electron chi connectivity index (χ1n) is 7.37. The maximum Gasteiger partial charge on any atom is 0.303 e. The molecule has 1 saturated heterocycles. The molecule has 0 saturated carbocycles. The van der Waals surface area contributed by atoms with E-state index < -0.39 is 5.97 Å². The third-order valence-corrected chi connectivity index (χ3v) is 4.39. The number of carbonyl (C=O) groups excluding carboxylic acids is 1. The Hall–Kier alpha value is -2.04. The van der Waals surface area contributed by atoms with Gasteiger partial charge in [-0.15, -0.1) is 0 Å². The predicted octanol–water partition coefficient (Wildman–Crippen LogP) is 1.88. The second-order valence-electron chi connectivity index (χ2n) is 5.77. The Balaban J connectivity index is 1.62. The molecule has 2 aliphatic heterocycles. The second kappa shape index (κ2) is 5.76. The number of carboxylic acid groups (broad SMARTS) is 1. The maximum absolute atomic E-state index is 12.6. The van der Waals surface area contributed by atoms with E-state index in [9.17, 15) is 9.59 Å². The van der Waals surface area contributed by atoms with E-state index in [4.69, 9.17) is 9.84 Å². The number of fused-ring (bicyclic) bond motifs is 1. The average Bonchev–Trinajstić information content (AvgIpc) is 2.90. The first-order valence-corrected chi connectivity index (χ1v) is 7.37. The van der Waals surface area contributed by atoms with Gasteiger partial charge in [-0.1, -0.05) is 18.2 Å². The third kappa shape index (κ3) is 2.86. The summed E-state index contributed by atoms with van der Waals surface area (Å²) in [6.07, 6.45) is 1.75. The summed E-state index contributed by atoms with van der Waals surface area (Å²) in [5.41, 5.74) is 0.968. The second-order valence-corrected chi connectivity index (χ2v) is 5.77. The van der Waals surface area contributed by atoms with Crippen molar-refractivity contribution in [1.29, 1.82) is 0 Å². The fraction of sp³-hybridized carbons (Fsp3) is 0.500. The third-order valence-electron chi connectivity index (χ3n) is 4.39. The standard InChI is InChI=1S/C16H19NO4/c18-15(19)9-11-5-7-17(8-6-11)16(20)13-10-21-14-4-2-1-3-12(13)14/h1-4,11,13H,5-10H2,(H,18,19). The highest BCUT2D eigenvalue weighted by Gasteiger charge is 2.34. The Morgan fingerprint density at radius 3 is 2.67 bits per heavy atom. The molecule has 0 spiro atoms. The highest BCUT2D eigenvalue weighted by atomic mass is 16.5. The molecule has 112 valence electrons. The van der Waals surface area contributed by atoms with E-state index in [1.165, 1.54) is 0 Å². The normalized spacial score (nSPS) is 21.7. The number of likely N-dealkylation sites (tertiary alicyclic amines) is 1. The first-order chi connectivity index (χ1) is 10.1. The van der Waals surface area contributed by atoms with Crippen molar-refractivity contribution >= 4 is 11.9 Å². The van der Waals surface area contributed by atoms with Gasteiger partial charge in [0, 0.05) is 25.1 Å². The minimum absolute atomic E-state index is 0.105.